The van der Waals surface area contributed by atoms with Gasteiger partial charge < -0.3 is 30.0 Å². The molecule has 40 heavy (non-hydrogen) atoms. The smallest absolute Gasteiger partial charge is 0.257 e. The van der Waals surface area contributed by atoms with Gasteiger partial charge in [-0.2, -0.15) is 10.4 Å². The number of hydrazone groups is 1. The Kier molecular flexibility index (Phi) is 12.5. The standard InChI is InChI=1S/C28H34ClN5O6/c1-2-10-31-16-21(35)17-39-25-8-5-22(13-20(25)15-30)38-12-3-11-32-28(37)18-40-26-7-4-19(14-23(26)29)24-6-9-27(36)34-33-24/h4-5,7-8,13-14,21,31,35H,2-3,6,9-12,16-18H2,1H3,(H,32,37)(H,34,36)/t21-/m1/s1. The molecule has 0 bridgehead atoms. The van der Waals surface area contributed by atoms with Crippen molar-refractivity contribution in [2.24, 2.45) is 5.10 Å². The van der Waals surface area contributed by atoms with Gasteiger partial charge in [-0.15, -0.1) is 0 Å². The van der Waals surface area contributed by atoms with E-state index in [-0.39, 0.29) is 25.0 Å². The molecule has 2 amide bonds. The number of rotatable bonds is 16. The highest BCUT2D eigenvalue weighted by atomic mass is 35.5. The average Bonchev–Trinajstić information content (AvgIpc) is 2.96. The topological polar surface area (TPSA) is 154 Å². The second-order valence-corrected chi connectivity index (χ2v) is 9.43. The molecule has 2 aromatic carbocycles. The summed E-state index contributed by atoms with van der Waals surface area (Å²) >= 11 is 6.29. The first kappa shape index (κ1) is 30.7. The van der Waals surface area contributed by atoms with Crippen LogP contribution in [0.3, 0.4) is 0 Å². The zero-order valence-corrected chi connectivity index (χ0v) is 23.1. The van der Waals surface area contributed by atoms with Gasteiger partial charge in [0.15, 0.2) is 6.61 Å². The number of ether oxygens (including phenoxy) is 3. The highest BCUT2D eigenvalue weighted by Crippen LogP contribution is 2.27. The minimum absolute atomic E-state index is 0.0726. The van der Waals surface area contributed by atoms with Gasteiger partial charge in [0.25, 0.3) is 5.91 Å². The number of aliphatic hydroxyl groups is 1. The molecule has 12 heteroatoms. The molecule has 0 spiro atoms. The molecular weight excluding hydrogens is 538 g/mol. The van der Waals surface area contributed by atoms with E-state index in [1.807, 2.05) is 6.92 Å². The third kappa shape index (κ3) is 10.0. The molecule has 0 saturated carbocycles. The molecule has 1 heterocycles. The zero-order valence-electron chi connectivity index (χ0n) is 22.4. The van der Waals surface area contributed by atoms with Crippen molar-refractivity contribution in [2.45, 2.75) is 38.7 Å². The maximum Gasteiger partial charge on any atom is 0.257 e. The first-order valence-corrected chi connectivity index (χ1v) is 13.5. The van der Waals surface area contributed by atoms with Crippen LogP contribution in [0.2, 0.25) is 5.02 Å². The summed E-state index contributed by atoms with van der Waals surface area (Å²) in [6.07, 6.45) is 1.72. The first-order valence-electron chi connectivity index (χ1n) is 13.1. The molecule has 214 valence electrons. The normalized spacial score (nSPS) is 13.4. The SMILES string of the molecule is CCCNC[C@@H](O)COc1ccc(OCCCNC(=O)COc2ccc(C3=NNC(=O)CC3)cc2Cl)cc1C#N. The van der Waals surface area contributed by atoms with Crippen LogP contribution in [0.15, 0.2) is 41.5 Å². The highest BCUT2D eigenvalue weighted by molar-refractivity contribution is 6.32. The van der Waals surface area contributed by atoms with Gasteiger partial charge in [-0.1, -0.05) is 18.5 Å². The average molecular weight is 572 g/mol. The van der Waals surface area contributed by atoms with Gasteiger partial charge in [-0.05, 0) is 55.3 Å². The highest BCUT2D eigenvalue weighted by Gasteiger charge is 2.15. The summed E-state index contributed by atoms with van der Waals surface area (Å²) in [5.74, 6) is 0.822. The fraction of sp³-hybridized carbons (Fsp3) is 0.429. The summed E-state index contributed by atoms with van der Waals surface area (Å²) < 4.78 is 16.8. The third-order valence-electron chi connectivity index (χ3n) is 5.75. The molecule has 2 aromatic rings. The van der Waals surface area contributed by atoms with E-state index in [0.29, 0.717) is 66.8 Å². The van der Waals surface area contributed by atoms with Crippen LogP contribution in [0.5, 0.6) is 17.2 Å². The molecule has 1 aliphatic rings. The Bertz CT molecular complexity index is 1230. The zero-order chi connectivity index (χ0) is 28.7. The van der Waals surface area contributed by atoms with E-state index in [9.17, 15) is 20.0 Å². The number of nitrogens with one attached hydrogen (secondary N) is 3. The molecule has 3 rings (SSSR count). The van der Waals surface area contributed by atoms with Gasteiger partial charge in [-0.25, -0.2) is 5.43 Å². The van der Waals surface area contributed by atoms with Gasteiger partial charge in [0.05, 0.1) is 22.9 Å². The van der Waals surface area contributed by atoms with Crippen molar-refractivity contribution in [3.63, 3.8) is 0 Å². The second-order valence-electron chi connectivity index (χ2n) is 9.02. The van der Waals surface area contributed by atoms with Crippen LogP contribution in [-0.4, -0.2) is 68.2 Å². The minimum Gasteiger partial charge on any atom is -0.493 e. The molecule has 0 unspecified atom stereocenters. The van der Waals surface area contributed by atoms with Crippen LogP contribution in [0, 0.1) is 11.3 Å². The Morgan fingerprint density at radius 1 is 1.18 bits per heavy atom. The van der Waals surface area contributed by atoms with Crippen LogP contribution >= 0.6 is 11.6 Å². The number of nitrogens with zero attached hydrogens (tertiary/aromatic N) is 2. The van der Waals surface area contributed by atoms with E-state index in [0.717, 1.165) is 24.2 Å². The van der Waals surface area contributed by atoms with Crippen LogP contribution in [0.4, 0.5) is 0 Å². The summed E-state index contributed by atoms with van der Waals surface area (Å²) in [5.41, 5.74) is 4.26. The van der Waals surface area contributed by atoms with E-state index in [2.05, 4.69) is 27.2 Å². The minimum atomic E-state index is -0.680. The Balaban J connectivity index is 1.34. The molecule has 4 N–H and O–H groups in total. The Hall–Kier alpha value is -3.85. The Morgan fingerprint density at radius 2 is 2.00 bits per heavy atom. The van der Waals surface area contributed by atoms with E-state index in [4.69, 9.17) is 25.8 Å². The first-order chi connectivity index (χ1) is 19.4. The van der Waals surface area contributed by atoms with Crippen molar-refractivity contribution in [1.82, 2.24) is 16.1 Å². The van der Waals surface area contributed by atoms with Gasteiger partial charge in [0, 0.05) is 32.0 Å². The number of nitriles is 1. The maximum absolute atomic E-state index is 12.2. The lowest BCUT2D eigenvalue weighted by atomic mass is 10.0. The van der Waals surface area contributed by atoms with E-state index in [1.165, 1.54) is 0 Å². The van der Waals surface area contributed by atoms with Gasteiger partial charge in [-0.3, -0.25) is 9.59 Å². The molecule has 0 radical (unpaired) electrons. The number of hydrogen-bond donors (Lipinski definition) is 4. The predicted octanol–water partition coefficient (Wildman–Crippen LogP) is 2.53. The van der Waals surface area contributed by atoms with Crippen molar-refractivity contribution in [3.05, 3.63) is 52.5 Å². The molecule has 0 aliphatic carbocycles. The van der Waals surface area contributed by atoms with Crippen molar-refractivity contribution in [2.75, 3.05) is 39.5 Å². The summed E-state index contributed by atoms with van der Waals surface area (Å²) in [5, 5.41) is 29.7. The van der Waals surface area contributed by atoms with Crippen LogP contribution in [-0.2, 0) is 9.59 Å². The van der Waals surface area contributed by atoms with Crippen LogP contribution < -0.4 is 30.3 Å². The molecule has 0 fully saturated rings. The van der Waals surface area contributed by atoms with Crippen molar-refractivity contribution in [1.29, 1.82) is 5.26 Å². The second kappa shape index (κ2) is 16.3. The largest absolute Gasteiger partial charge is 0.493 e. The number of carbonyl (C=O) groups excluding carboxylic acids is 2. The van der Waals surface area contributed by atoms with E-state index >= 15 is 0 Å². The fourth-order valence-corrected chi connectivity index (χ4v) is 3.90. The van der Waals surface area contributed by atoms with Crippen LogP contribution in [0.25, 0.3) is 0 Å². The summed E-state index contributed by atoms with van der Waals surface area (Å²) in [6, 6.07) is 12.1. The van der Waals surface area contributed by atoms with Crippen molar-refractivity contribution < 1.29 is 28.9 Å². The van der Waals surface area contributed by atoms with Crippen LogP contribution in [0.1, 0.15) is 43.7 Å². The Morgan fingerprint density at radius 3 is 2.73 bits per heavy atom. The Labute approximate surface area is 238 Å². The number of hydrogen-bond acceptors (Lipinski definition) is 9. The summed E-state index contributed by atoms with van der Waals surface area (Å²) in [4.78, 5) is 23.4. The van der Waals surface area contributed by atoms with Gasteiger partial charge >= 0.3 is 0 Å². The maximum atomic E-state index is 12.2. The molecule has 1 aliphatic heterocycles. The lowest BCUT2D eigenvalue weighted by Crippen LogP contribution is -2.31. The van der Waals surface area contributed by atoms with Gasteiger partial charge in [0.2, 0.25) is 5.91 Å². The lowest BCUT2D eigenvalue weighted by molar-refractivity contribution is -0.123. The fourth-order valence-electron chi connectivity index (χ4n) is 3.67. The van der Waals surface area contributed by atoms with E-state index < -0.39 is 6.10 Å². The molecule has 0 saturated heterocycles. The van der Waals surface area contributed by atoms with Gasteiger partial charge in [0.1, 0.15) is 36.0 Å². The number of aliphatic hydroxyl groups excluding tert-OH is 1. The monoisotopic (exact) mass is 571 g/mol. The molecule has 1 atom stereocenters. The predicted molar refractivity (Wildman–Crippen MR) is 150 cm³/mol. The van der Waals surface area contributed by atoms with E-state index in [1.54, 1.807) is 36.4 Å². The lowest BCUT2D eigenvalue weighted by Gasteiger charge is -2.14. The molecular formula is C28H34ClN5O6. The molecule has 0 aromatic heterocycles. The number of amides is 2. The van der Waals surface area contributed by atoms with Crippen molar-refractivity contribution >= 4 is 29.1 Å². The summed E-state index contributed by atoms with van der Waals surface area (Å²) in [6.45, 7) is 3.84. The number of carbonyl (C=O) groups is 2. The number of halogens is 1. The molecule has 11 nitrogen and oxygen atoms in total. The quantitative estimate of drug-likeness (QED) is 0.224. The van der Waals surface area contributed by atoms with Crippen molar-refractivity contribution in [3.8, 4) is 23.3 Å². The number of benzene rings is 2. The third-order valence-corrected chi connectivity index (χ3v) is 6.05. The summed E-state index contributed by atoms with van der Waals surface area (Å²) in [7, 11) is 0.